The predicted octanol–water partition coefficient (Wildman–Crippen LogP) is 3.96. The number of anilines is 2. The summed E-state index contributed by atoms with van der Waals surface area (Å²) in [7, 11) is 0. The monoisotopic (exact) mass is 322 g/mol. The van der Waals surface area contributed by atoms with Crippen LogP contribution < -0.4 is 10.6 Å². The van der Waals surface area contributed by atoms with Crippen molar-refractivity contribution in [3.8, 4) is 0 Å². The molecule has 4 nitrogen and oxygen atoms in total. The average molecular weight is 323 g/mol. The zero-order valence-corrected chi connectivity index (χ0v) is 12.4. The molecule has 0 atom stereocenters. The molecule has 2 aromatic rings. The number of carbonyl (C=O) groups excluding carboxylic acids is 2. The molecular weight excluding hydrogens is 311 g/mol. The number of amides is 2. The van der Waals surface area contributed by atoms with Crippen LogP contribution >= 0.6 is 23.2 Å². The maximum atomic E-state index is 11.7. The Morgan fingerprint density at radius 3 is 1.38 bits per heavy atom. The minimum Gasteiger partial charge on any atom is -0.326 e. The molecule has 108 valence electrons. The summed E-state index contributed by atoms with van der Waals surface area (Å²) in [6.07, 6.45) is -0.273. The molecule has 0 radical (unpaired) electrons. The lowest BCUT2D eigenvalue weighted by molar-refractivity contribution is -0.123. The van der Waals surface area contributed by atoms with Crippen LogP contribution in [0.3, 0.4) is 0 Å². The molecule has 0 aliphatic heterocycles. The highest BCUT2D eigenvalue weighted by atomic mass is 35.5. The Morgan fingerprint density at radius 2 is 1.05 bits per heavy atom. The molecule has 2 aromatic carbocycles. The molecule has 0 bridgehead atoms. The summed E-state index contributed by atoms with van der Waals surface area (Å²) in [5.74, 6) is -0.799. The summed E-state index contributed by atoms with van der Waals surface area (Å²) in [5, 5.41) is 6.39. The van der Waals surface area contributed by atoms with Gasteiger partial charge in [-0.05, 0) is 48.5 Å². The van der Waals surface area contributed by atoms with Crippen LogP contribution in [0.4, 0.5) is 11.4 Å². The molecule has 0 aromatic heterocycles. The number of nitrogens with one attached hydrogen (secondary N) is 2. The lowest BCUT2D eigenvalue weighted by atomic mass is 10.3. The fraction of sp³-hybridized carbons (Fsp3) is 0.0667. The van der Waals surface area contributed by atoms with Crippen LogP contribution in [0.25, 0.3) is 0 Å². The van der Waals surface area contributed by atoms with Gasteiger partial charge in [-0.2, -0.15) is 0 Å². The van der Waals surface area contributed by atoms with E-state index >= 15 is 0 Å². The number of halogens is 2. The summed E-state index contributed by atoms with van der Waals surface area (Å²) in [6, 6.07) is 13.3. The zero-order valence-electron chi connectivity index (χ0n) is 10.9. The Labute approximate surface area is 132 Å². The second-order valence-corrected chi connectivity index (χ2v) is 5.16. The molecule has 0 spiro atoms. The first-order valence-corrected chi connectivity index (χ1v) is 6.89. The van der Waals surface area contributed by atoms with E-state index < -0.39 is 11.8 Å². The highest BCUT2D eigenvalue weighted by Gasteiger charge is 2.10. The molecule has 0 saturated heterocycles. The maximum Gasteiger partial charge on any atom is 0.233 e. The van der Waals surface area contributed by atoms with Crippen molar-refractivity contribution in [1.29, 1.82) is 0 Å². The molecule has 0 saturated carbocycles. The highest BCUT2D eigenvalue weighted by molar-refractivity contribution is 6.31. The molecule has 6 heteroatoms. The second kappa shape index (κ2) is 7.11. The van der Waals surface area contributed by atoms with Crippen molar-refractivity contribution in [2.45, 2.75) is 6.42 Å². The third-order valence-electron chi connectivity index (χ3n) is 2.58. The van der Waals surface area contributed by atoms with Crippen LogP contribution in [-0.2, 0) is 9.59 Å². The van der Waals surface area contributed by atoms with Crippen LogP contribution in [0.1, 0.15) is 6.42 Å². The fourth-order valence-corrected chi connectivity index (χ4v) is 1.87. The summed E-state index contributed by atoms with van der Waals surface area (Å²) in [4.78, 5) is 23.5. The molecule has 2 N–H and O–H groups in total. The molecule has 2 amide bonds. The van der Waals surface area contributed by atoms with E-state index in [4.69, 9.17) is 23.2 Å². The van der Waals surface area contributed by atoms with Crippen LogP contribution in [0.5, 0.6) is 0 Å². The first-order valence-electron chi connectivity index (χ1n) is 6.14. The van der Waals surface area contributed by atoms with Gasteiger partial charge in [-0.1, -0.05) is 23.2 Å². The summed E-state index contributed by atoms with van der Waals surface area (Å²) in [5.41, 5.74) is 1.17. The Bertz CT molecular complexity index is 582. The summed E-state index contributed by atoms with van der Waals surface area (Å²) in [6.45, 7) is 0. The number of carbonyl (C=O) groups is 2. The van der Waals surface area contributed by atoms with Crippen LogP contribution in [-0.4, -0.2) is 11.8 Å². The number of rotatable bonds is 4. The lowest BCUT2D eigenvalue weighted by Crippen LogP contribution is -2.21. The normalized spacial score (nSPS) is 10.0. The first-order chi connectivity index (χ1) is 10.0. The molecule has 2 rings (SSSR count). The van der Waals surface area contributed by atoms with Crippen molar-refractivity contribution < 1.29 is 9.59 Å². The van der Waals surface area contributed by atoms with Gasteiger partial charge in [-0.15, -0.1) is 0 Å². The van der Waals surface area contributed by atoms with Gasteiger partial charge in [0, 0.05) is 21.4 Å². The largest absolute Gasteiger partial charge is 0.326 e. The van der Waals surface area contributed by atoms with Crippen molar-refractivity contribution in [1.82, 2.24) is 0 Å². The van der Waals surface area contributed by atoms with Crippen LogP contribution in [0, 0.1) is 0 Å². The maximum absolute atomic E-state index is 11.7. The van der Waals surface area contributed by atoms with Gasteiger partial charge in [0.05, 0.1) is 0 Å². The predicted molar refractivity (Wildman–Crippen MR) is 84.8 cm³/mol. The number of hydrogen-bond donors (Lipinski definition) is 2. The Morgan fingerprint density at radius 1 is 0.714 bits per heavy atom. The zero-order chi connectivity index (χ0) is 15.2. The number of hydrogen-bond acceptors (Lipinski definition) is 2. The second-order valence-electron chi connectivity index (χ2n) is 4.29. The molecule has 21 heavy (non-hydrogen) atoms. The minimum absolute atomic E-state index is 0.273. The van der Waals surface area contributed by atoms with Crippen LogP contribution in [0.15, 0.2) is 48.5 Å². The van der Waals surface area contributed by atoms with Crippen LogP contribution in [0.2, 0.25) is 10.0 Å². The van der Waals surface area contributed by atoms with E-state index in [0.29, 0.717) is 21.4 Å². The van der Waals surface area contributed by atoms with Gasteiger partial charge in [0.15, 0.2) is 0 Å². The van der Waals surface area contributed by atoms with Gasteiger partial charge in [-0.25, -0.2) is 0 Å². The Hall–Kier alpha value is -2.04. The van der Waals surface area contributed by atoms with E-state index in [0.717, 1.165) is 0 Å². The van der Waals surface area contributed by atoms with E-state index in [1.54, 1.807) is 48.5 Å². The standard InChI is InChI=1S/C15H12Cl2N2O2/c16-10-1-5-12(6-2-10)18-14(20)9-15(21)19-13-7-3-11(17)4-8-13/h1-8H,9H2,(H,18,20)(H,19,21). The molecular formula is C15H12Cl2N2O2. The molecule has 0 aliphatic carbocycles. The smallest absolute Gasteiger partial charge is 0.233 e. The van der Waals surface area contributed by atoms with E-state index in [1.807, 2.05) is 0 Å². The van der Waals surface area contributed by atoms with Crippen molar-refractivity contribution >= 4 is 46.4 Å². The molecule has 0 fully saturated rings. The minimum atomic E-state index is -0.399. The van der Waals surface area contributed by atoms with Gasteiger partial charge in [-0.3, -0.25) is 9.59 Å². The molecule has 0 heterocycles. The topological polar surface area (TPSA) is 58.2 Å². The molecule has 0 aliphatic rings. The Balaban J connectivity index is 1.85. The summed E-state index contributed by atoms with van der Waals surface area (Å²) < 4.78 is 0. The summed E-state index contributed by atoms with van der Waals surface area (Å²) >= 11 is 11.5. The van der Waals surface area contributed by atoms with Gasteiger partial charge in [0.1, 0.15) is 6.42 Å². The van der Waals surface area contributed by atoms with Crippen molar-refractivity contribution in [2.75, 3.05) is 10.6 Å². The highest BCUT2D eigenvalue weighted by Crippen LogP contribution is 2.15. The van der Waals surface area contributed by atoms with E-state index in [2.05, 4.69) is 10.6 Å². The van der Waals surface area contributed by atoms with Crippen molar-refractivity contribution in [3.63, 3.8) is 0 Å². The van der Waals surface area contributed by atoms with Gasteiger partial charge in [0.25, 0.3) is 0 Å². The van der Waals surface area contributed by atoms with Gasteiger partial charge >= 0.3 is 0 Å². The van der Waals surface area contributed by atoms with Crippen molar-refractivity contribution in [2.24, 2.45) is 0 Å². The SMILES string of the molecule is O=C(CC(=O)Nc1ccc(Cl)cc1)Nc1ccc(Cl)cc1. The number of benzene rings is 2. The van der Waals surface area contributed by atoms with E-state index in [-0.39, 0.29) is 6.42 Å². The third-order valence-corrected chi connectivity index (χ3v) is 3.08. The van der Waals surface area contributed by atoms with E-state index in [1.165, 1.54) is 0 Å². The van der Waals surface area contributed by atoms with Gasteiger partial charge in [0.2, 0.25) is 11.8 Å². The molecule has 0 unspecified atom stereocenters. The average Bonchev–Trinajstić information content (AvgIpc) is 2.44. The fourth-order valence-electron chi connectivity index (χ4n) is 1.62. The van der Waals surface area contributed by atoms with E-state index in [9.17, 15) is 9.59 Å². The third kappa shape index (κ3) is 5.10. The van der Waals surface area contributed by atoms with Gasteiger partial charge < -0.3 is 10.6 Å². The first kappa shape index (κ1) is 15.4. The Kier molecular flexibility index (Phi) is 5.20. The quantitative estimate of drug-likeness (QED) is 0.837. The lowest BCUT2D eigenvalue weighted by Gasteiger charge is -2.07. The van der Waals surface area contributed by atoms with Crippen molar-refractivity contribution in [3.05, 3.63) is 58.6 Å².